The van der Waals surface area contributed by atoms with Crippen molar-refractivity contribution in [1.82, 2.24) is 15.6 Å². The molecule has 0 saturated carbocycles. The summed E-state index contributed by atoms with van der Waals surface area (Å²) < 4.78 is 32.1. The minimum Gasteiger partial charge on any atom is -0.376 e. The smallest absolute Gasteiger partial charge is 0.187 e. The number of likely N-dealkylation sites (tertiary alicyclic amines) is 1. The first-order valence-corrected chi connectivity index (χ1v) is 9.89. The summed E-state index contributed by atoms with van der Waals surface area (Å²) in [5.41, 5.74) is 3.61. The molecule has 2 unspecified atom stereocenters. The van der Waals surface area contributed by atoms with E-state index in [1.807, 2.05) is 6.21 Å². The molecule has 2 heterocycles. The molecule has 2 fully saturated rings. The Morgan fingerprint density at radius 2 is 2.15 bits per heavy atom. The predicted octanol–water partition coefficient (Wildman–Crippen LogP) is 2.95. The first-order valence-electron chi connectivity index (χ1n) is 9.48. The lowest BCUT2D eigenvalue weighted by atomic mass is 10.0. The van der Waals surface area contributed by atoms with E-state index in [0.717, 1.165) is 50.8 Å². The third kappa shape index (κ3) is 6.19. The van der Waals surface area contributed by atoms with Crippen LogP contribution in [0.15, 0.2) is 23.3 Å². The van der Waals surface area contributed by atoms with Crippen molar-refractivity contribution in [3.05, 3.63) is 35.4 Å². The summed E-state index contributed by atoms with van der Waals surface area (Å²) in [6.07, 6.45) is 7.40. The lowest BCUT2D eigenvalue weighted by Gasteiger charge is -2.33. The largest absolute Gasteiger partial charge is 0.376 e. The molecule has 0 radical (unpaired) electrons. The molecule has 0 spiro atoms. The molecule has 0 amide bonds. The molecule has 2 aliphatic rings. The number of nitrogens with zero attached hydrogens (tertiary/aromatic N) is 2. The Balaban J connectivity index is 1.48. The Kier molecular flexibility index (Phi) is 7.49. The fourth-order valence-electron chi connectivity index (χ4n) is 3.49. The van der Waals surface area contributed by atoms with Crippen molar-refractivity contribution < 1.29 is 13.5 Å². The van der Waals surface area contributed by atoms with Crippen molar-refractivity contribution in [2.75, 3.05) is 19.7 Å². The molecule has 1 aromatic rings. The molecule has 27 heavy (non-hydrogen) atoms. The number of hydrazone groups is 1. The number of hydrogen-bond donors (Lipinski definition) is 2. The molecule has 2 atom stereocenters. The van der Waals surface area contributed by atoms with Gasteiger partial charge in [0.05, 0.1) is 6.10 Å². The van der Waals surface area contributed by atoms with Crippen LogP contribution in [0.3, 0.4) is 0 Å². The highest BCUT2D eigenvalue weighted by atomic mass is 32.1. The van der Waals surface area contributed by atoms with Crippen molar-refractivity contribution in [1.29, 1.82) is 0 Å². The first kappa shape index (κ1) is 20.1. The van der Waals surface area contributed by atoms with Crippen molar-refractivity contribution in [3.8, 4) is 0 Å². The van der Waals surface area contributed by atoms with Crippen LogP contribution >= 0.6 is 12.2 Å². The fraction of sp³-hybridized carbons (Fsp3) is 0.579. The maximum absolute atomic E-state index is 13.4. The summed E-state index contributed by atoms with van der Waals surface area (Å²) in [5, 5.41) is 7.86. The molecular formula is C19H26F2N4OS. The minimum absolute atomic E-state index is 0.139. The standard InChI is InChI=1S/C19H26F2N4OS/c20-17-7-6-14(10-18(17)21)13-25-8-2-1-4-15(25)11-23-24-19(27)22-12-16-5-3-9-26-16/h6-7,10-11,15-16H,1-5,8-9,12-13H2,(H2,22,24,27). The van der Waals surface area contributed by atoms with E-state index in [4.69, 9.17) is 17.0 Å². The van der Waals surface area contributed by atoms with E-state index in [0.29, 0.717) is 18.2 Å². The number of piperidine rings is 1. The quantitative estimate of drug-likeness (QED) is 0.440. The van der Waals surface area contributed by atoms with Crippen LogP contribution < -0.4 is 10.7 Å². The number of thiocarbonyl (C=S) groups is 1. The lowest BCUT2D eigenvalue weighted by Crippen LogP contribution is -2.41. The molecule has 8 heteroatoms. The van der Waals surface area contributed by atoms with Crippen molar-refractivity contribution in [3.63, 3.8) is 0 Å². The van der Waals surface area contributed by atoms with E-state index in [2.05, 4.69) is 20.7 Å². The second-order valence-electron chi connectivity index (χ2n) is 7.02. The topological polar surface area (TPSA) is 48.9 Å². The third-order valence-electron chi connectivity index (χ3n) is 4.96. The van der Waals surface area contributed by atoms with Crippen molar-refractivity contribution in [2.45, 2.75) is 50.8 Å². The third-order valence-corrected chi connectivity index (χ3v) is 5.20. The summed E-state index contributed by atoms with van der Waals surface area (Å²) in [6.45, 7) is 2.97. The van der Waals surface area contributed by atoms with Gasteiger partial charge in [0.15, 0.2) is 16.7 Å². The van der Waals surface area contributed by atoms with E-state index in [1.54, 1.807) is 6.07 Å². The number of nitrogens with one attached hydrogen (secondary N) is 2. The van der Waals surface area contributed by atoms with Crippen molar-refractivity contribution in [2.24, 2.45) is 5.10 Å². The number of rotatable bonds is 6. The zero-order valence-corrected chi connectivity index (χ0v) is 16.1. The maximum atomic E-state index is 13.4. The molecule has 2 aliphatic heterocycles. The number of hydrogen-bond acceptors (Lipinski definition) is 4. The Morgan fingerprint density at radius 1 is 1.26 bits per heavy atom. The number of halogens is 2. The van der Waals surface area contributed by atoms with Gasteiger partial charge in [-0.25, -0.2) is 8.78 Å². The Morgan fingerprint density at radius 3 is 2.93 bits per heavy atom. The fourth-order valence-corrected chi connectivity index (χ4v) is 3.62. The highest BCUT2D eigenvalue weighted by Crippen LogP contribution is 2.19. The highest BCUT2D eigenvalue weighted by Gasteiger charge is 2.21. The summed E-state index contributed by atoms with van der Waals surface area (Å²) >= 11 is 5.23. The van der Waals surface area contributed by atoms with Crippen LogP contribution in [0.1, 0.15) is 37.7 Å². The Labute approximate surface area is 164 Å². The van der Waals surface area contributed by atoms with Crippen LogP contribution in [0, 0.1) is 11.6 Å². The molecule has 3 rings (SSSR count). The molecule has 2 N–H and O–H groups in total. The van der Waals surface area contributed by atoms with Gasteiger partial charge in [-0.1, -0.05) is 12.5 Å². The van der Waals surface area contributed by atoms with Gasteiger partial charge in [0.2, 0.25) is 0 Å². The van der Waals surface area contributed by atoms with Crippen LogP contribution in [0.5, 0.6) is 0 Å². The van der Waals surface area contributed by atoms with Gasteiger partial charge in [-0.2, -0.15) is 5.10 Å². The summed E-state index contributed by atoms with van der Waals surface area (Å²) in [4.78, 5) is 2.23. The van der Waals surface area contributed by atoms with E-state index >= 15 is 0 Å². The average Bonchev–Trinajstić information content (AvgIpc) is 3.18. The van der Waals surface area contributed by atoms with Crippen LogP contribution in [0.2, 0.25) is 0 Å². The van der Waals surface area contributed by atoms with Gasteiger partial charge >= 0.3 is 0 Å². The van der Waals surface area contributed by atoms with Crippen LogP contribution in [-0.2, 0) is 11.3 Å². The minimum atomic E-state index is -0.816. The second-order valence-corrected chi connectivity index (χ2v) is 7.43. The van der Waals surface area contributed by atoms with Gasteiger partial charge in [0.25, 0.3) is 0 Å². The predicted molar refractivity (Wildman–Crippen MR) is 106 cm³/mol. The number of ether oxygens (including phenoxy) is 1. The molecule has 148 valence electrons. The first-order chi connectivity index (χ1) is 13.1. The average molecular weight is 397 g/mol. The molecule has 0 bridgehead atoms. The van der Waals surface area contributed by atoms with Gasteiger partial charge in [0.1, 0.15) is 0 Å². The van der Waals surface area contributed by atoms with Gasteiger partial charge in [0, 0.05) is 32.0 Å². The molecule has 0 aromatic heterocycles. The van der Waals surface area contributed by atoms with Crippen LogP contribution in [0.4, 0.5) is 8.78 Å². The molecule has 0 aliphatic carbocycles. The van der Waals surface area contributed by atoms with E-state index in [9.17, 15) is 8.78 Å². The summed E-state index contributed by atoms with van der Waals surface area (Å²) in [6, 6.07) is 4.21. The monoisotopic (exact) mass is 396 g/mol. The van der Waals surface area contributed by atoms with Gasteiger partial charge in [-0.15, -0.1) is 0 Å². The molecule has 1 aromatic carbocycles. The highest BCUT2D eigenvalue weighted by molar-refractivity contribution is 7.80. The molecular weight excluding hydrogens is 370 g/mol. The van der Waals surface area contributed by atoms with Crippen LogP contribution in [-0.4, -0.2) is 48.1 Å². The normalized spacial score (nSPS) is 23.6. The van der Waals surface area contributed by atoms with Crippen LogP contribution in [0.25, 0.3) is 0 Å². The van der Waals surface area contributed by atoms with E-state index in [-0.39, 0.29) is 12.1 Å². The van der Waals surface area contributed by atoms with Crippen molar-refractivity contribution >= 4 is 23.5 Å². The summed E-state index contributed by atoms with van der Waals surface area (Å²) in [5.74, 6) is -1.62. The zero-order chi connectivity index (χ0) is 19.1. The molecule has 2 saturated heterocycles. The van der Waals surface area contributed by atoms with E-state index in [1.165, 1.54) is 12.1 Å². The maximum Gasteiger partial charge on any atom is 0.187 e. The second kappa shape index (κ2) is 10.1. The SMILES string of the molecule is Fc1ccc(CN2CCCCC2C=NNC(=S)NCC2CCCO2)cc1F. The summed E-state index contributed by atoms with van der Waals surface area (Å²) in [7, 11) is 0. The Hall–Kier alpha value is -1.64. The number of benzene rings is 1. The molecule has 5 nitrogen and oxygen atoms in total. The lowest BCUT2D eigenvalue weighted by molar-refractivity contribution is 0.114. The zero-order valence-electron chi connectivity index (χ0n) is 15.3. The Bertz CT molecular complexity index is 667. The van der Waals surface area contributed by atoms with Gasteiger partial charge in [-0.05, 0) is 62.1 Å². The van der Waals surface area contributed by atoms with E-state index < -0.39 is 11.6 Å². The van der Waals surface area contributed by atoms with Gasteiger partial charge < -0.3 is 10.1 Å². The van der Waals surface area contributed by atoms with Gasteiger partial charge in [-0.3, -0.25) is 10.3 Å².